The molecule has 3 heterocycles. The second-order valence-electron chi connectivity index (χ2n) is 8.33. The van der Waals surface area contributed by atoms with Gasteiger partial charge in [-0.25, -0.2) is 9.48 Å². The van der Waals surface area contributed by atoms with Gasteiger partial charge in [0.2, 0.25) is 17.7 Å². The number of non-ortho nitro benzene ring substituents is 1. The highest BCUT2D eigenvalue weighted by Gasteiger charge is 2.63. The van der Waals surface area contributed by atoms with Crippen LogP contribution >= 0.6 is 0 Å². The molecule has 0 unspecified atom stereocenters. The molecule has 36 heavy (non-hydrogen) atoms. The number of benzene rings is 2. The Bertz CT molecular complexity index is 1460. The number of likely N-dealkylation sites (N-methyl/N-ethyl adjacent to an activating group) is 1. The number of nitrogens with zero attached hydrogens (tertiary/aromatic N) is 4. The number of rotatable bonds is 5. The number of nitrogens with two attached hydrogens (primary N) is 1. The lowest BCUT2D eigenvalue weighted by atomic mass is 9.68. The minimum absolute atomic E-state index is 0.0221. The van der Waals surface area contributed by atoms with Crippen LogP contribution in [0.15, 0.2) is 60.0 Å². The number of amides is 1. The van der Waals surface area contributed by atoms with E-state index in [9.17, 15) is 19.7 Å². The maximum Gasteiger partial charge on any atom is 0.341 e. The van der Waals surface area contributed by atoms with Crippen molar-refractivity contribution in [1.29, 1.82) is 0 Å². The van der Waals surface area contributed by atoms with Gasteiger partial charge < -0.3 is 20.1 Å². The van der Waals surface area contributed by atoms with Gasteiger partial charge in [-0.2, -0.15) is 5.10 Å². The molecule has 0 radical (unpaired) electrons. The van der Waals surface area contributed by atoms with E-state index in [1.165, 1.54) is 27.8 Å². The fourth-order valence-corrected chi connectivity index (χ4v) is 5.10. The molecule has 1 amide bonds. The van der Waals surface area contributed by atoms with Crippen LogP contribution in [0, 0.1) is 17.0 Å². The summed E-state index contributed by atoms with van der Waals surface area (Å²) in [5.74, 6) is -1.53. The van der Waals surface area contributed by atoms with Crippen LogP contribution in [0.3, 0.4) is 0 Å². The van der Waals surface area contributed by atoms with Gasteiger partial charge in [0.15, 0.2) is 0 Å². The first-order valence-electron chi connectivity index (χ1n) is 11.4. The topological polar surface area (TPSA) is 143 Å². The first-order chi connectivity index (χ1) is 17.3. The van der Waals surface area contributed by atoms with E-state index in [0.717, 1.165) is 0 Å². The van der Waals surface area contributed by atoms with Crippen molar-refractivity contribution in [2.24, 2.45) is 5.73 Å². The molecule has 1 atom stereocenters. The summed E-state index contributed by atoms with van der Waals surface area (Å²) >= 11 is 0. The largest absolute Gasteiger partial charge is 0.462 e. The lowest BCUT2D eigenvalue weighted by molar-refractivity contribution is -0.384. The normalized spacial score (nSPS) is 18.2. The third-order valence-electron chi connectivity index (χ3n) is 6.47. The third kappa shape index (κ3) is 2.95. The number of anilines is 1. The van der Waals surface area contributed by atoms with Crippen LogP contribution in [0.25, 0.3) is 5.69 Å². The lowest BCUT2D eigenvalue weighted by Gasteiger charge is -2.34. The Morgan fingerprint density at radius 3 is 2.58 bits per heavy atom. The Morgan fingerprint density at radius 1 is 1.22 bits per heavy atom. The minimum Gasteiger partial charge on any atom is -0.462 e. The first kappa shape index (κ1) is 23.1. The number of hydrogen-bond acceptors (Lipinski definition) is 8. The number of aromatic nitrogens is 2. The van der Waals surface area contributed by atoms with Gasteiger partial charge in [-0.1, -0.05) is 18.2 Å². The van der Waals surface area contributed by atoms with E-state index in [1.807, 2.05) is 18.2 Å². The summed E-state index contributed by atoms with van der Waals surface area (Å²) in [6.45, 7) is 5.37. The second kappa shape index (κ2) is 8.22. The van der Waals surface area contributed by atoms with Gasteiger partial charge in [0, 0.05) is 29.9 Å². The number of nitro groups is 1. The summed E-state index contributed by atoms with van der Waals surface area (Å²) in [5, 5.41) is 16.4. The minimum atomic E-state index is -1.85. The van der Waals surface area contributed by atoms with Gasteiger partial charge in [0.25, 0.3) is 5.69 Å². The van der Waals surface area contributed by atoms with E-state index in [-0.39, 0.29) is 47.3 Å². The fourth-order valence-electron chi connectivity index (χ4n) is 5.10. The van der Waals surface area contributed by atoms with Crippen molar-refractivity contribution in [3.05, 3.63) is 86.9 Å². The highest BCUT2D eigenvalue weighted by molar-refractivity contribution is 6.18. The van der Waals surface area contributed by atoms with Gasteiger partial charge in [0.05, 0.1) is 28.5 Å². The van der Waals surface area contributed by atoms with Crippen molar-refractivity contribution in [2.45, 2.75) is 26.2 Å². The monoisotopic (exact) mass is 489 g/mol. The SMILES string of the molecule is CCOC(=O)C1=C(N)Oc2c(c(C)nn2-c2ccccc2)[C@]12C(=O)N(CC)c1ccc([N+](=O)[O-])cc12. The van der Waals surface area contributed by atoms with Crippen molar-refractivity contribution in [1.82, 2.24) is 9.78 Å². The number of carbonyl (C=O) groups is 2. The molecule has 11 heteroatoms. The van der Waals surface area contributed by atoms with Crippen LogP contribution in [0.2, 0.25) is 0 Å². The molecule has 184 valence electrons. The van der Waals surface area contributed by atoms with E-state index >= 15 is 0 Å². The summed E-state index contributed by atoms with van der Waals surface area (Å²) in [5.41, 5.74) is 6.04. The Hall–Kier alpha value is -4.67. The number of aryl methyl sites for hydroxylation is 1. The van der Waals surface area contributed by atoms with Crippen LogP contribution < -0.4 is 15.4 Å². The molecule has 0 saturated carbocycles. The molecule has 1 aromatic heterocycles. The Morgan fingerprint density at radius 2 is 1.94 bits per heavy atom. The van der Waals surface area contributed by atoms with E-state index in [2.05, 4.69) is 5.10 Å². The molecule has 0 aliphatic carbocycles. The molecule has 0 saturated heterocycles. The average Bonchev–Trinajstić information content (AvgIpc) is 3.31. The number of ether oxygens (including phenoxy) is 2. The number of carbonyl (C=O) groups excluding carboxylic acids is 2. The van der Waals surface area contributed by atoms with Crippen LogP contribution in [-0.4, -0.2) is 39.7 Å². The zero-order chi connectivity index (χ0) is 25.8. The summed E-state index contributed by atoms with van der Waals surface area (Å²) in [6.07, 6.45) is 0. The third-order valence-corrected chi connectivity index (χ3v) is 6.47. The second-order valence-corrected chi connectivity index (χ2v) is 8.33. The van der Waals surface area contributed by atoms with Crippen molar-refractivity contribution in [2.75, 3.05) is 18.1 Å². The van der Waals surface area contributed by atoms with E-state index in [4.69, 9.17) is 15.2 Å². The molecule has 1 spiro atoms. The van der Waals surface area contributed by atoms with Gasteiger partial charge in [0.1, 0.15) is 11.0 Å². The fraction of sp³-hybridized carbons (Fsp3) is 0.240. The van der Waals surface area contributed by atoms with Crippen LogP contribution in [0.5, 0.6) is 5.88 Å². The molecular formula is C25H23N5O6. The molecule has 2 N–H and O–H groups in total. The number of nitro benzene ring substituents is 1. The standard InChI is InChI=1S/C25H23N5O6/c1-4-28-18-12-11-16(30(33)34)13-17(18)25(24(28)32)19-14(3)27-29(15-9-7-6-8-10-15)22(19)36-21(26)20(25)23(31)35-5-2/h6-13H,4-5,26H2,1-3H3/t25-/m0/s1. The number of fused-ring (bicyclic) bond motifs is 4. The Labute approximate surface area is 205 Å². The van der Waals surface area contributed by atoms with E-state index in [0.29, 0.717) is 17.1 Å². The number of para-hydroxylation sites is 1. The van der Waals surface area contributed by atoms with Gasteiger partial charge in [-0.15, -0.1) is 0 Å². The molecule has 5 rings (SSSR count). The number of hydrogen-bond donors (Lipinski definition) is 1. The highest BCUT2D eigenvalue weighted by atomic mass is 16.6. The first-order valence-corrected chi connectivity index (χ1v) is 11.4. The van der Waals surface area contributed by atoms with E-state index < -0.39 is 22.2 Å². The van der Waals surface area contributed by atoms with Crippen molar-refractivity contribution < 1.29 is 24.0 Å². The average molecular weight is 489 g/mol. The zero-order valence-corrected chi connectivity index (χ0v) is 19.8. The summed E-state index contributed by atoms with van der Waals surface area (Å²) < 4.78 is 12.8. The maximum atomic E-state index is 14.3. The van der Waals surface area contributed by atoms with Gasteiger partial charge in [-0.05, 0) is 39.0 Å². The van der Waals surface area contributed by atoms with Crippen LogP contribution in [-0.2, 0) is 19.7 Å². The Kier molecular flexibility index (Phi) is 5.27. The van der Waals surface area contributed by atoms with Gasteiger partial charge in [-0.3, -0.25) is 14.9 Å². The zero-order valence-electron chi connectivity index (χ0n) is 19.8. The molecular weight excluding hydrogens is 466 g/mol. The smallest absolute Gasteiger partial charge is 0.341 e. The number of esters is 1. The molecule has 0 bridgehead atoms. The lowest BCUT2D eigenvalue weighted by Crippen LogP contribution is -2.48. The summed E-state index contributed by atoms with van der Waals surface area (Å²) in [6, 6.07) is 13.2. The Balaban J connectivity index is 1.93. The summed E-state index contributed by atoms with van der Waals surface area (Å²) in [7, 11) is 0. The quantitative estimate of drug-likeness (QED) is 0.327. The van der Waals surface area contributed by atoms with Crippen molar-refractivity contribution in [3.63, 3.8) is 0 Å². The predicted molar refractivity (Wildman–Crippen MR) is 129 cm³/mol. The molecule has 2 aromatic carbocycles. The summed E-state index contributed by atoms with van der Waals surface area (Å²) in [4.78, 5) is 40.4. The molecule has 2 aliphatic heterocycles. The van der Waals surface area contributed by atoms with E-state index in [1.54, 1.807) is 32.9 Å². The van der Waals surface area contributed by atoms with Crippen LogP contribution in [0.4, 0.5) is 11.4 Å². The highest BCUT2D eigenvalue weighted by Crippen LogP contribution is 2.57. The molecule has 2 aliphatic rings. The molecule has 3 aromatic rings. The molecule has 0 fully saturated rings. The van der Waals surface area contributed by atoms with Gasteiger partial charge >= 0.3 is 5.97 Å². The maximum absolute atomic E-state index is 14.3. The predicted octanol–water partition coefficient (Wildman–Crippen LogP) is 2.87. The van der Waals surface area contributed by atoms with Crippen molar-refractivity contribution >= 4 is 23.3 Å². The van der Waals surface area contributed by atoms with Crippen LogP contribution in [0.1, 0.15) is 30.7 Å². The van der Waals surface area contributed by atoms with Crippen molar-refractivity contribution in [3.8, 4) is 11.6 Å². The molecule has 11 nitrogen and oxygen atoms in total.